The molecule has 31 heavy (non-hydrogen) atoms. The fraction of sp³-hybridized carbons (Fsp3) is 0.192. The van der Waals surface area contributed by atoms with E-state index >= 15 is 0 Å². The molecule has 2 aromatic carbocycles. The summed E-state index contributed by atoms with van der Waals surface area (Å²) in [4.78, 5) is 31.7. The molecule has 0 aliphatic carbocycles. The van der Waals surface area contributed by atoms with Gasteiger partial charge in [-0.2, -0.15) is 0 Å². The standard InChI is InChI=1S/C26H24N2O3/c1-16(2)18-10-12-19(13-11-18)23-22(24(29)20-8-6-17(3)7-9-20)25(30)26(31)28(23)21-5-4-14-27-15-21/h4-16,23,29H,1-3H3/t23-/m0/s1. The van der Waals surface area contributed by atoms with Crippen LogP contribution in [0.3, 0.4) is 0 Å². The Labute approximate surface area is 181 Å². The highest BCUT2D eigenvalue weighted by Gasteiger charge is 2.47. The number of nitrogens with zero attached hydrogens (tertiary/aromatic N) is 2. The zero-order valence-electron chi connectivity index (χ0n) is 17.7. The molecule has 1 atom stereocenters. The molecule has 3 aromatic rings. The number of aromatic nitrogens is 1. The largest absolute Gasteiger partial charge is 0.507 e. The molecule has 1 N–H and O–H groups in total. The highest BCUT2D eigenvalue weighted by molar-refractivity contribution is 6.51. The molecule has 1 aromatic heterocycles. The third-order valence-electron chi connectivity index (χ3n) is 5.61. The molecule has 1 fully saturated rings. The Morgan fingerprint density at radius 1 is 1.00 bits per heavy atom. The van der Waals surface area contributed by atoms with Gasteiger partial charge >= 0.3 is 0 Å². The van der Waals surface area contributed by atoms with Crippen molar-refractivity contribution in [2.24, 2.45) is 0 Å². The van der Waals surface area contributed by atoms with Crippen molar-refractivity contribution in [3.8, 4) is 0 Å². The van der Waals surface area contributed by atoms with E-state index < -0.39 is 17.7 Å². The van der Waals surface area contributed by atoms with Gasteiger partial charge < -0.3 is 5.11 Å². The Kier molecular flexibility index (Phi) is 5.42. The molecule has 0 saturated carbocycles. The van der Waals surface area contributed by atoms with Crippen molar-refractivity contribution in [3.05, 3.63) is 101 Å². The molecular weight excluding hydrogens is 388 g/mol. The molecule has 0 unspecified atom stereocenters. The zero-order valence-corrected chi connectivity index (χ0v) is 17.7. The van der Waals surface area contributed by atoms with Gasteiger partial charge in [0, 0.05) is 11.8 Å². The number of aliphatic hydroxyl groups is 1. The molecule has 4 rings (SSSR count). The van der Waals surface area contributed by atoms with E-state index in [1.165, 1.54) is 4.90 Å². The third kappa shape index (κ3) is 3.75. The maximum absolute atomic E-state index is 13.1. The predicted octanol–water partition coefficient (Wildman–Crippen LogP) is 5.14. The molecule has 1 saturated heterocycles. The summed E-state index contributed by atoms with van der Waals surface area (Å²) in [6.45, 7) is 6.16. The number of aliphatic hydroxyl groups excluding tert-OH is 1. The first-order valence-corrected chi connectivity index (χ1v) is 10.3. The maximum Gasteiger partial charge on any atom is 0.300 e. The molecule has 0 spiro atoms. The summed E-state index contributed by atoms with van der Waals surface area (Å²) >= 11 is 0. The number of benzene rings is 2. The van der Waals surface area contributed by atoms with E-state index in [4.69, 9.17) is 0 Å². The van der Waals surface area contributed by atoms with Crippen molar-refractivity contribution >= 4 is 23.1 Å². The van der Waals surface area contributed by atoms with Gasteiger partial charge in [-0.3, -0.25) is 19.5 Å². The molecule has 1 aliphatic rings. The number of anilines is 1. The Morgan fingerprint density at radius 3 is 2.26 bits per heavy atom. The first-order valence-electron chi connectivity index (χ1n) is 10.3. The molecule has 1 aliphatic heterocycles. The average molecular weight is 412 g/mol. The lowest BCUT2D eigenvalue weighted by molar-refractivity contribution is -0.132. The smallest absolute Gasteiger partial charge is 0.300 e. The number of rotatable bonds is 4. The van der Waals surface area contributed by atoms with Crippen molar-refractivity contribution in [1.29, 1.82) is 0 Å². The number of ketones is 1. The molecule has 1 amide bonds. The molecule has 0 radical (unpaired) electrons. The van der Waals surface area contributed by atoms with Crippen LogP contribution in [0.5, 0.6) is 0 Å². The molecule has 5 nitrogen and oxygen atoms in total. The van der Waals surface area contributed by atoms with Gasteiger partial charge in [0.25, 0.3) is 11.7 Å². The second-order valence-electron chi connectivity index (χ2n) is 8.07. The van der Waals surface area contributed by atoms with Gasteiger partial charge in [0.05, 0.1) is 23.5 Å². The van der Waals surface area contributed by atoms with Crippen molar-refractivity contribution in [2.45, 2.75) is 32.7 Å². The van der Waals surface area contributed by atoms with Crippen molar-refractivity contribution in [2.75, 3.05) is 4.90 Å². The minimum absolute atomic E-state index is 0.0787. The lowest BCUT2D eigenvalue weighted by Crippen LogP contribution is -2.29. The van der Waals surface area contributed by atoms with Crippen LogP contribution in [0.25, 0.3) is 5.76 Å². The summed E-state index contributed by atoms with van der Waals surface area (Å²) in [7, 11) is 0. The van der Waals surface area contributed by atoms with Crippen LogP contribution in [0.1, 0.15) is 48.1 Å². The lowest BCUT2D eigenvalue weighted by Gasteiger charge is -2.25. The summed E-state index contributed by atoms with van der Waals surface area (Å²) in [6.07, 6.45) is 3.16. The number of amides is 1. The van der Waals surface area contributed by atoms with Gasteiger partial charge in [0.15, 0.2) is 0 Å². The van der Waals surface area contributed by atoms with E-state index in [0.717, 1.165) is 16.7 Å². The lowest BCUT2D eigenvalue weighted by atomic mass is 9.93. The molecule has 2 heterocycles. The van der Waals surface area contributed by atoms with E-state index in [0.29, 0.717) is 17.2 Å². The summed E-state index contributed by atoms with van der Waals surface area (Å²) < 4.78 is 0. The molecule has 0 bridgehead atoms. The third-order valence-corrected chi connectivity index (χ3v) is 5.61. The minimum atomic E-state index is -0.744. The van der Waals surface area contributed by atoms with E-state index in [9.17, 15) is 14.7 Å². The van der Waals surface area contributed by atoms with Crippen LogP contribution in [0.15, 0.2) is 78.6 Å². The summed E-state index contributed by atoms with van der Waals surface area (Å²) in [5.74, 6) is -1.21. The number of hydrogen-bond donors (Lipinski definition) is 1. The van der Waals surface area contributed by atoms with Gasteiger partial charge in [-0.15, -0.1) is 0 Å². The molecule has 5 heteroatoms. The summed E-state index contributed by atoms with van der Waals surface area (Å²) in [5.41, 5.74) is 4.02. The number of aryl methyl sites for hydroxylation is 1. The van der Waals surface area contributed by atoms with Gasteiger partial charge in [-0.05, 0) is 36.1 Å². The number of Topliss-reactive ketones (excluding diaryl/α,β-unsaturated/α-hetero) is 1. The van der Waals surface area contributed by atoms with E-state index in [2.05, 4.69) is 18.8 Å². The van der Waals surface area contributed by atoms with Crippen LogP contribution in [0.4, 0.5) is 5.69 Å². The van der Waals surface area contributed by atoms with Crippen LogP contribution in [-0.2, 0) is 9.59 Å². The monoisotopic (exact) mass is 412 g/mol. The fourth-order valence-corrected chi connectivity index (χ4v) is 3.84. The van der Waals surface area contributed by atoms with Gasteiger partial charge in [-0.1, -0.05) is 67.9 Å². The Balaban J connectivity index is 1.91. The quantitative estimate of drug-likeness (QED) is 0.366. The topological polar surface area (TPSA) is 70.5 Å². The Hall–Kier alpha value is -3.73. The molecular formula is C26H24N2O3. The van der Waals surface area contributed by atoms with Crippen LogP contribution >= 0.6 is 0 Å². The molecule has 156 valence electrons. The SMILES string of the molecule is Cc1ccc(C(O)=C2C(=O)C(=O)N(c3cccnc3)[C@H]2c2ccc(C(C)C)cc2)cc1. The fourth-order valence-electron chi connectivity index (χ4n) is 3.84. The van der Waals surface area contributed by atoms with Crippen LogP contribution in [0.2, 0.25) is 0 Å². The zero-order chi connectivity index (χ0) is 22.1. The average Bonchev–Trinajstić information content (AvgIpc) is 3.05. The number of hydrogen-bond acceptors (Lipinski definition) is 4. The van der Waals surface area contributed by atoms with Gasteiger partial charge in [0.2, 0.25) is 0 Å². The Bertz CT molecular complexity index is 1150. The summed E-state index contributed by atoms with van der Waals surface area (Å²) in [6, 6.07) is 17.7. The van der Waals surface area contributed by atoms with Crippen LogP contribution < -0.4 is 4.90 Å². The van der Waals surface area contributed by atoms with Crippen LogP contribution in [0, 0.1) is 6.92 Å². The highest BCUT2D eigenvalue weighted by atomic mass is 16.3. The van der Waals surface area contributed by atoms with Gasteiger partial charge in [0.1, 0.15) is 5.76 Å². The summed E-state index contributed by atoms with van der Waals surface area (Å²) in [5, 5.41) is 11.1. The van der Waals surface area contributed by atoms with Crippen molar-refractivity contribution < 1.29 is 14.7 Å². The minimum Gasteiger partial charge on any atom is -0.507 e. The van der Waals surface area contributed by atoms with Crippen molar-refractivity contribution in [1.82, 2.24) is 4.98 Å². The normalized spacial score (nSPS) is 18.1. The first kappa shape index (κ1) is 20.5. The second kappa shape index (κ2) is 8.19. The number of pyridine rings is 1. The Morgan fingerprint density at radius 2 is 1.68 bits per heavy atom. The predicted molar refractivity (Wildman–Crippen MR) is 121 cm³/mol. The van der Waals surface area contributed by atoms with Crippen molar-refractivity contribution in [3.63, 3.8) is 0 Å². The van der Waals surface area contributed by atoms with E-state index in [-0.39, 0.29) is 11.3 Å². The maximum atomic E-state index is 13.1. The first-order chi connectivity index (χ1) is 14.9. The van der Waals surface area contributed by atoms with E-state index in [1.807, 2.05) is 43.3 Å². The number of carbonyl (C=O) groups excluding carboxylic acids is 2. The second-order valence-corrected chi connectivity index (χ2v) is 8.07. The highest BCUT2D eigenvalue weighted by Crippen LogP contribution is 2.42. The van der Waals surface area contributed by atoms with Gasteiger partial charge in [-0.25, -0.2) is 0 Å². The van der Waals surface area contributed by atoms with E-state index in [1.54, 1.807) is 36.7 Å². The number of carbonyl (C=O) groups is 2. The van der Waals surface area contributed by atoms with Crippen LogP contribution in [-0.4, -0.2) is 21.8 Å².